The second-order valence-corrected chi connectivity index (χ2v) is 9.70. The second-order valence-electron chi connectivity index (χ2n) is 9.70. The molecule has 9 nitrogen and oxygen atoms in total. The molecule has 1 amide bonds. The summed E-state index contributed by atoms with van der Waals surface area (Å²) in [5, 5.41) is 12.3. The number of carbonyl (C=O) groups excluding carboxylic acids is 1. The Labute approximate surface area is 204 Å². The minimum Gasteiger partial charge on any atom is -0.493 e. The van der Waals surface area contributed by atoms with Crippen LogP contribution in [0, 0.1) is 0 Å². The van der Waals surface area contributed by atoms with E-state index in [0.717, 1.165) is 41.2 Å². The van der Waals surface area contributed by atoms with E-state index in [-0.39, 0.29) is 11.8 Å². The largest absolute Gasteiger partial charge is 0.493 e. The van der Waals surface area contributed by atoms with Crippen LogP contribution in [0.2, 0.25) is 0 Å². The first-order valence-corrected chi connectivity index (χ1v) is 11.8. The number of hydrogen-bond donors (Lipinski definition) is 1. The monoisotopic (exact) mass is 473 g/mol. The first kappa shape index (κ1) is 23.0. The number of nitrogens with zero attached hydrogens (tertiary/aromatic N) is 6. The van der Waals surface area contributed by atoms with Crippen molar-refractivity contribution >= 4 is 11.6 Å². The molecule has 5 rings (SSSR count). The van der Waals surface area contributed by atoms with Crippen LogP contribution >= 0.6 is 0 Å². The summed E-state index contributed by atoms with van der Waals surface area (Å²) in [4.78, 5) is 20.3. The Morgan fingerprint density at radius 2 is 1.94 bits per heavy atom. The van der Waals surface area contributed by atoms with E-state index in [2.05, 4.69) is 53.3 Å². The van der Waals surface area contributed by atoms with Gasteiger partial charge in [0, 0.05) is 36.3 Å². The van der Waals surface area contributed by atoms with E-state index in [1.54, 1.807) is 11.6 Å². The predicted octanol–water partition coefficient (Wildman–Crippen LogP) is 3.41. The highest BCUT2D eigenvalue weighted by Gasteiger charge is 2.31. The van der Waals surface area contributed by atoms with Gasteiger partial charge in [0.15, 0.2) is 11.4 Å². The number of H-pyrrole nitrogens is 1. The van der Waals surface area contributed by atoms with Crippen LogP contribution < -0.4 is 4.74 Å². The number of ether oxygens (including phenoxy) is 1. The van der Waals surface area contributed by atoms with Crippen LogP contribution in [-0.2, 0) is 4.79 Å². The van der Waals surface area contributed by atoms with Crippen LogP contribution in [0.15, 0.2) is 42.9 Å². The topological polar surface area (TPSA) is 91.7 Å². The van der Waals surface area contributed by atoms with Crippen molar-refractivity contribution in [2.45, 2.75) is 25.7 Å². The molecule has 1 aliphatic rings. The van der Waals surface area contributed by atoms with Gasteiger partial charge < -0.3 is 14.5 Å². The van der Waals surface area contributed by atoms with Crippen molar-refractivity contribution in [3.63, 3.8) is 0 Å². The lowest BCUT2D eigenvalue weighted by Crippen LogP contribution is -2.51. The average molecular weight is 474 g/mol. The third-order valence-electron chi connectivity index (χ3n) is 6.57. The lowest BCUT2D eigenvalue weighted by Gasteiger charge is -2.40. The fraction of sp³-hybridized carbons (Fsp3) is 0.385. The number of methoxy groups -OCH3 is 1. The minimum absolute atomic E-state index is 0.190. The number of amides is 1. The Balaban J connectivity index is 1.40. The summed E-state index contributed by atoms with van der Waals surface area (Å²) in [7, 11) is 5.47. The first-order valence-electron chi connectivity index (χ1n) is 11.8. The summed E-state index contributed by atoms with van der Waals surface area (Å²) in [6.07, 6.45) is 3.45. The molecule has 1 N–H and O–H groups in total. The molecule has 0 saturated carbocycles. The van der Waals surface area contributed by atoms with Gasteiger partial charge in [0.05, 0.1) is 25.0 Å². The summed E-state index contributed by atoms with van der Waals surface area (Å²) >= 11 is 0. The highest BCUT2D eigenvalue weighted by molar-refractivity contribution is 5.79. The lowest BCUT2D eigenvalue weighted by molar-refractivity contribution is -0.136. The molecule has 0 atom stereocenters. The van der Waals surface area contributed by atoms with Crippen LogP contribution in [-0.4, -0.2) is 81.3 Å². The highest BCUT2D eigenvalue weighted by atomic mass is 16.5. The van der Waals surface area contributed by atoms with Gasteiger partial charge in [-0.25, -0.2) is 9.50 Å². The maximum Gasteiger partial charge on any atom is 0.236 e. The minimum atomic E-state index is 0.190. The van der Waals surface area contributed by atoms with Gasteiger partial charge in [-0.3, -0.25) is 9.89 Å². The van der Waals surface area contributed by atoms with E-state index < -0.39 is 0 Å². The number of carbonyl (C=O) groups is 1. The molecule has 0 spiro atoms. The Morgan fingerprint density at radius 1 is 1.20 bits per heavy atom. The molecule has 1 aliphatic heterocycles. The van der Waals surface area contributed by atoms with Crippen LogP contribution in [0.4, 0.5) is 0 Å². The number of fused-ring (bicyclic) bond motifs is 1. The molecule has 1 fully saturated rings. The van der Waals surface area contributed by atoms with E-state index >= 15 is 0 Å². The van der Waals surface area contributed by atoms with E-state index in [4.69, 9.17) is 9.84 Å². The predicted molar refractivity (Wildman–Crippen MR) is 135 cm³/mol. The van der Waals surface area contributed by atoms with Crippen molar-refractivity contribution in [1.82, 2.24) is 34.6 Å². The van der Waals surface area contributed by atoms with Crippen molar-refractivity contribution in [3.8, 4) is 28.3 Å². The fourth-order valence-electron chi connectivity index (χ4n) is 4.71. The number of nitrogens with one attached hydrogen (secondary N) is 1. The maximum absolute atomic E-state index is 12.2. The Hall–Kier alpha value is -3.72. The normalized spacial score (nSPS) is 14.2. The van der Waals surface area contributed by atoms with E-state index in [9.17, 15) is 4.79 Å². The van der Waals surface area contributed by atoms with E-state index in [1.807, 2.05) is 36.2 Å². The summed E-state index contributed by atoms with van der Waals surface area (Å²) in [6.45, 7) is 6.37. The fourth-order valence-corrected chi connectivity index (χ4v) is 4.71. The molecule has 9 heteroatoms. The summed E-state index contributed by atoms with van der Waals surface area (Å²) in [6, 6.07) is 10.6. The Morgan fingerprint density at radius 3 is 2.60 bits per heavy atom. The van der Waals surface area contributed by atoms with Gasteiger partial charge in [0.25, 0.3) is 0 Å². The average Bonchev–Trinajstić information content (AvgIpc) is 3.44. The maximum atomic E-state index is 12.2. The Bertz CT molecular complexity index is 1350. The van der Waals surface area contributed by atoms with Crippen LogP contribution in [0.1, 0.15) is 36.8 Å². The number of hydrogen-bond acceptors (Lipinski definition) is 6. The number of likely N-dealkylation sites (N-methyl/N-ethyl adjacent to an activating group) is 1. The third-order valence-corrected chi connectivity index (χ3v) is 6.57. The van der Waals surface area contributed by atoms with Gasteiger partial charge >= 0.3 is 0 Å². The number of aromatic nitrogens is 5. The van der Waals surface area contributed by atoms with Crippen molar-refractivity contribution in [2.75, 3.05) is 40.8 Å². The molecule has 3 aromatic heterocycles. The molecular weight excluding hydrogens is 442 g/mol. The van der Waals surface area contributed by atoms with E-state index in [0.29, 0.717) is 23.9 Å². The molecule has 4 heterocycles. The molecule has 4 aromatic rings. The van der Waals surface area contributed by atoms with Gasteiger partial charge in [0.2, 0.25) is 5.91 Å². The Kier molecular flexibility index (Phi) is 6.02. The van der Waals surface area contributed by atoms with Gasteiger partial charge in [-0.15, -0.1) is 0 Å². The smallest absolute Gasteiger partial charge is 0.236 e. The zero-order valence-corrected chi connectivity index (χ0v) is 20.8. The van der Waals surface area contributed by atoms with Crippen molar-refractivity contribution in [1.29, 1.82) is 0 Å². The SMILES string of the molecule is COc1cc(-c2n[nH]c(-c3ccc(C4CN(C(=O)CN(C)C)C4)cc3)c2C(C)C)cn2ncnc12. The number of pyridine rings is 1. The van der Waals surface area contributed by atoms with Gasteiger partial charge in [-0.2, -0.15) is 10.2 Å². The van der Waals surface area contributed by atoms with Crippen LogP contribution in [0.25, 0.3) is 28.2 Å². The van der Waals surface area contributed by atoms with Gasteiger partial charge in [-0.1, -0.05) is 38.1 Å². The second kappa shape index (κ2) is 9.14. The number of rotatable bonds is 7. The van der Waals surface area contributed by atoms with Crippen molar-refractivity contribution in [2.24, 2.45) is 0 Å². The van der Waals surface area contributed by atoms with E-state index in [1.165, 1.54) is 11.9 Å². The third kappa shape index (κ3) is 4.27. The van der Waals surface area contributed by atoms with Crippen molar-refractivity contribution < 1.29 is 9.53 Å². The standard InChI is InChI=1S/C26H31N7O2/c1-16(2)23-24(29-30-25(23)19-10-21(35-5)26-27-15-28-33(26)13-19)18-8-6-17(7-9-18)20-11-32(12-20)22(34)14-31(3)4/h6-10,13,15-16,20H,11-12,14H2,1-5H3,(H,29,30). The molecule has 0 unspecified atom stereocenters. The molecule has 1 aromatic carbocycles. The molecule has 182 valence electrons. The lowest BCUT2D eigenvalue weighted by atomic mass is 9.89. The van der Waals surface area contributed by atoms with Crippen LogP contribution in [0.3, 0.4) is 0 Å². The molecule has 35 heavy (non-hydrogen) atoms. The molecule has 0 radical (unpaired) electrons. The first-order chi connectivity index (χ1) is 16.9. The van der Waals surface area contributed by atoms with Crippen molar-refractivity contribution in [3.05, 3.63) is 54.0 Å². The number of aromatic amines is 1. The molecule has 0 aliphatic carbocycles. The molecular formula is C26H31N7O2. The summed E-state index contributed by atoms with van der Waals surface area (Å²) in [5.41, 5.74) is 6.97. The van der Waals surface area contributed by atoms with Gasteiger partial charge in [-0.05, 0) is 37.2 Å². The summed E-state index contributed by atoms with van der Waals surface area (Å²) < 4.78 is 7.26. The molecule has 1 saturated heterocycles. The zero-order valence-electron chi connectivity index (χ0n) is 20.8. The number of likely N-dealkylation sites (tertiary alicyclic amines) is 1. The molecule has 0 bridgehead atoms. The number of benzene rings is 1. The summed E-state index contributed by atoms with van der Waals surface area (Å²) in [5.74, 6) is 1.48. The quantitative estimate of drug-likeness (QED) is 0.442. The van der Waals surface area contributed by atoms with Gasteiger partial charge in [0.1, 0.15) is 6.33 Å². The zero-order chi connectivity index (χ0) is 24.7. The van der Waals surface area contributed by atoms with Crippen LogP contribution in [0.5, 0.6) is 5.75 Å². The highest BCUT2D eigenvalue weighted by Crippen LogP contribution is 2.37.